The smallest absolute Gasteiger partial charge is 0.264 e. The number of rotatable bonds is 5. The lowest BCUT2D eigenvalue weighted by atomic mass is 10.0. The molecule has 0 unspecified atom stereocenters. The summed E-state index contributed by atoms with van der Waals surface area (Å²) in [7, 11) is 2.95. The molecule has 33 heavy (non-hydrogen) atoms. The molecule has 3 heterocycles. The van der Waals surface area contributed by atoms with Gasteiger partial charge in [0.15, 0.2) is 11.5 Å². The molecule has 3 aromatic rings. The number of hydrogen-bond acceptors (Lipinski definition) is 6. The highest BCUT2D eigenvalue weighted by Gasteiger charge is 2.50. The number of aromatic nitrogens is 1. The van der Waals surface area contributed by atoms with Gasteiger partial charge in [-0.3, -0.25) is 24.3 Å². The Kier molecular flexibility index (Phi) is 4.93. The third kappa shape index (κ3) is 3.16. The van der Waals surface area contributed by atoms with Crippen molar-refractivity contribution in [3.05, 3.63) is 77.6 Å². The molecule has 3 amide bonds. The van der Waals surface area contributed by atoms with E-state index in [1.165, 1.54) is 30.2 Å². The maximum absolute atomic E-state index is 13.6. The predicted molar refractivity (Wildman–Crippen MR) is 119 cm³/mol. The summed E-state index contributed by atoms with van der Waals surface area (Å²) in [4.78, 5) is 46.9. The average Bonchev–Trinajstić information content (AvgIpc) is 3.14. The molecule has 9 nitrogen and oxygen atoms in total. The maximum Gasteiger partial charge on any atom is 0.264 e. The SMILES string of the molecule is COc1ccc2c(c1OC)C(=O)N1c3ccccc3C(=O)N(CC(=O)Nc3cccnc3)[C@@H]21. The Morgan fingerprint density at radius 2 is 1.85 bits per heavy atom. The van der Waals surface area contributed by atoms with Crippen molar-refractivity contribution >= 4 is 29.1 Å². The summed E-state index contributed by atoms with van der Waals surface area (Å²) in [6.45, 7) is -0.260. The van der Waals surface area contributed by atoms with Gasteiger partial charge in [0.1, 0.15) is 12.7 Å². The highest BCUT2D eigenvalue weighted by atomic mass is 16.5. The second-order valence-corrected chi connectivity index (χ2v) is 7.55. The van der Waals surface area contributed by atoms with E-state index in [4.69, 9.17) is 9.47 Å². The molecule has 5 rings (SSSR count). The minimum atomic E-state index is -0.797. The minimum Gasteiger partial charge on any atom is -0.493 e. The molecule has 1 N–H and O–H groups in total. The van der Waals surface area contributed by atoms with Gasteiger partial charge < -0.3 is 19.7 Å². The van der Waals surface area contributed by atoms with E-state index >= 15 is 0 Å². The van der Waals surface area contributed by atoms with Gasteiger partial charge in [0.25, 0.3) is 11.8 Å². The van der Waals surface area contributed by atoms with Gasteiger partial charge >= 0.3 is 0 Å². The molecule has 2 aromatic carbocycles. The fourth-order valence-electron chi connectivity index (χ4n) is 4.38. The number of pyridine rings is 1. The predicted octanol–water partition coefficient (Wildman–Crippen LogP) is 2.85. The van der Waals surface area contributed by atoms with Crippen molar-refractivity contribution in [2.24, 2.45) is 0 Å². The van der Waals surface area contributed by atoms with Crippen LogP contribution in [0.25, 0.3) is 0 Å². The van der Waals surface area contributed by atoms with Crippen LogP contribution in [-0.2, 0) is 4.79 Å². The number of ether oxygens (including phenoxy) is 2. The lowest BCUT2D eigenvalue weighted by Gasteiger charge is -2.40. The van der Waals surface area contributed by atoms with E-state index in [0.29, 0.717) is 39.6 Å². The molecule has 0 bridgehead atoms. The van der Waals surface area contributed by atoms with Gasteiger partial charge in [-0.2, -0.15) is 0 Å². The van der Waals surface area contributed by atoms with Gasteiger partial charge in [0.05, 0.1) is 42.9 Å². The molecule has 2 aliphatic rings. The van der Waals surface area contributed by atoms with Crippen molar-refractivity contribution in [2.45, 2.75) is 6.17 Å². The van der Waals surface area contributed by atoms with Crippen LogP contribution in [0.15, 0.2) is 60.9 Å². The number of amides is 3. The number of nitrogens with zero attached hydrogens (tertiary/aromatic N) is 3. The zero-order valence-electron chi connectivity index (χ0n) is 17.9. The second-order valence-electron chi connectivity index (χ2n) is 7.55. The van der Waals surface area contributed by atoms with Crippen molar-refractivity contribution in [3.63, 3.8) is 0 Å². The molecule has 0 saturated carbocycles. The zero-order chi connectivity index (χ0) is 23.1. The summed E-state index contributed by atoms with van der Waals surface area (Å²) < 4.78 is 10.9. The minimum absolute atomic E-state index is 0.260. The average molecular weight is 444 g/mol. The van der Waals surface area contributed by atoms with Gasteiger partial charge in [0, 0.05) is 11.8 Å². The summed E-state index contributed by atoms with van der Waals surface area (Å²) in [6, 6.07) is 13.7. The van der Waals surface area contributed by atoms with Gasteiger partial charge in [-0.05, 0) is 30.3 Å². The summed E-state index contributed by atoms with van der Waals surface area (Å²) in [5.74, 6) is -0.381. The van der Waals surface area contributed by atoms with Crippen LogP contribution in [0, 0.1) is 0 Å². The molecular weight excluding hydrogens is 424 g/mol. The first-order valence-corrected chi connectivity index (χ1v) is 10.2. The number of hydrogen-bond donors (Lipinski definition) is 1. The number of anilines is 2. The Labute approximate surface area is 189 Å². The zero-order valence-corrected chi connectivity index (χ0v) is 17.9. The van der Waals surface area contributed by atoms with Crippen LogP contribution in [0.4, 0.5) is 11.4 Å². The van der Waals surface area contributed by atoms with E-state index in [-0.39, 0.29) is 18.4 Å². The molecule has 0 fully saturated rings. The highest BCUT2D eigenvalue weighted by molar-refractivity contribution is 6.18. The molecule has 0 saturated heterocycles. The standard InChI is InChI=1S/C24H20N4O5/c1-32-18-10-9-16-20(21(18)33-2)24(31)28-17-8-4-3-7-15(17)23(30)27(22(16)28)13-19(29)26-14-6-5-11-25-12-14/h3-12,22H,13H2,1-2H3,(H,26,29)/t22-/m1/s1. The van der Waals surface area contributed by atoms with Crippen molar-refractivity contribution in [1.82, 2.24) is 9.88 Å². The summed E-state index contributed by atoms with van der Waals surface area (Å²) in [5, 5.41) is 2.75. The molecule has 2 aliphatic heterocycles. The Morgan fingerprint density at radius 1 is 1.03 bits per heavy atom. The fourth-order valence-corrected chi connectivity index (χ4v) is 4.38. The second kappa shape index (κ2) is 7.94. The van der Waals surface area contributed by atoms with Crippen molar-refractivity contribution < 1.29 is 23.9 Å². The number of carbonyl (C=O) groups excluding carboxylic acids is 3. The molecule has 0 spiro atoms. The first kappa shape index (κ1) is 20.5. The number of carbonyl (C=O) groups is 3. The normalized spacial score (nSPS) is 16.1. The summed E-state index contributed by atoms with van der Waals surface area (Å²) >= 11 is 0. The van der Waals surface area contributed by atoms with Crippen LogP contribution in [0.2, 0.25) is 0 Å². The van der Waals surface area contributed by atoms with E-state index in [0.717, 1.165) is 0 Å². The van der Waals surface area contributed by atoms with E-state index in [1.807, 2.05) is 0 Å². The summed E-state index contributed by atoms with van der Waals surface area (Å²) in [5.41, 5.74) is 2.21. The van der Waals surface area contributed by atoms with E-state index in [2.05, 4.69) is 10.3 Å². The largest absolute Gasteiger partial charge is 0.493 e. The van der Waals surface area contributed by atoms with Crippen LogP contribution in [0.1, 0.15) is 32.4 Å². The molecular formula is C24H20N4O5. The van der Waals surface area contributed by atoms with Crippen molar-refractivity contribution in [1.29, 1.82) is 0 Å². The third-order valence-electron chi connectivity index (χ3n) is 5.74. The number of nitrogens with one attached hydrogen (secondary N) is 1. The topological polar surface area (TPSA) is 101 Å². The lowest BCUT2D eigenvalue weighted by molar-refractivity contribution is -0.117. The van der Waals surface area contributed by atoms with Gasteiger partial charge in [-0.1, -0.05) is 18.2 Å². The number of para-hydroxylation sites is 1. The highest BCUT2D eigenvalue weighted by Crippen LogP contribution is 2.49. The Balaban J connectivity index is 1.60. The molecule has 9 heteroatoms. The molecule has 166 valence electrons. The van der Waals surface area contributed by atoms with Crippen LogP contribution < -0.4 is 19.7 Å². The number of fused-ring (bicyclic) bond motifs is 5. The number of benzene rings is 2. The Hall–Kier alpha value is -4.40. The van der Waals surface area contributed by atoms with E-state index in [9.17, 15) is 14.4 Å². The van der Waals surface area contributed by atoms with Crippen LogP contribution >= 0.6 is 0 Å². The van der Waals surface area contributed by atoms with Crippen molar-refractivity contribution in [3.8, 4) is 11.5 Å². The van der Waals surface area contributed by atoms with Gasteiger partial charge in [-0.15, -0.1) is 0 Å². The maximum atomic E-state index is 13.6. The lowest BCUT2D eigenvalue weighted by Crippen LogP contribution is -2.50. The molecule has 1 atom stereocenters. The molecule has 0 aliphatic carbocycles. The van der Waals surface area contributed by atoms with Crippen LogP contribution in [-0.4, -0.2) is 48.4 Å². The molecule has 1 aromatic heterocycles. The third-order valence-corrected chi connectivity index (χ3v) is 5.74. The van der Waals surface area contributed by atoms with Crippen LogP contribution in [0.5, 0.6) is 11.5 Å². The Morgan fingerprint density at radius 3 is 2.58 bits per heavy atom. The quantitative estimate of drug-likeness (QED) is 0.650. The van der Waals surface area contributed by atoms with Crippen LogP contribution in [0.3, 0.4) is 0 Å². The van der Waals surface area contributed by atoms with Gasteiger partial charge in [-0.25, -0.2) is 0 Å². The number of methoxy groups -OCH3 is 2. The Bertz CT molecular complexity index is 1280. The van der Waals surface area contributed by atoms with Gasteiger partial charge in [0.2, 0.25) is 5.91 Å². The van der Waals surface area contributed by atoms with E-state index in [1.54, 1.807) is 54.7 Å². The monoisotopic (exact) mass is 444 g/mol. The fraction of sp³-hybridized carbons (Fsp3) is 0.167. The first-order valence-electron chi connectivity index (χ1n) is 10.2. The van der Waals surface area contributed by atoms with E-state index < -0.39 is 12.1 Å². The first-order chi connectivity index (χ1) is 16.0. The molecule has 0 radical (unpaired) electrons. The van der Waals surface area contributed by atoms with Crippen molar-refractivity contribution in [2.75, 3.05) is 31.0 Å². The summed E-state index contributed by atoms with van der Waals surface area (Å²) in [6.07, 6.45) is 2.32.